The number of ether oxygens (including phenoxy) is 3. The van der Waals surface area contributed by atoms with Crippen molar-refractivity contribution in [2.75, 3.05) is 20.3 Å². The van der Waals surface area contributed by atoms with Gasteiger partial charge in [-0.05, 0) is 23.8 Å². The van der Waals surface area contributed by atoms with E-state index in [1.807, 2.05) is 48.5 Å². The molecule has 2 aromatic rings. The van der Waals surface area contributed by atoms with Gasteiger partial charge in [-0.2, -0.15) is 0 Å². The molecule has 0 radical (unpaired) electrons. The Kier molecular flexibility index (Phi) is 6.06. The second-order valence-electron chi connectivity index (χ2n) is 4.56. The van der Waals surface area contributed by atoms with Crippen molar-refractivity contribution >= 4 is 0 Å². The zero-order valence-electron chi connectivity index (χ0n) is 12.2. The van der Waals surface area contributed by atoms with Crippen LogP contribution in [-0.2, 0) is 17.9 Å². The fourth-order valence-corrected chi connectivity index (χ4v) is 1.97. The maximum Gasteiger partial charge on any atom is 0.123 e. The highest BCUT2D eigenvalue weighted by Crippen LogP contribution is 2.20. The molecule has 0 saturated carbocycles. The predicted molar refractivity (Wildman–Crippen MR) is 82.5 cm³/mol. The van der Waals surface area contributed by atoms with E-state index in [-0.39, 0.29) is 0 Å². The molecule has 112 valence electrons. The zero-order valence-corrected chi connectivity index (χ0v) is 12.2. The third-order valence-corrected chi connectivity index (χ3v) is 3.08. The Labute approximate surface area is 125 Å². The fourth-order valence-electron chi connectivity index (χ4n) is 1.97. The highest BCUT2D eigenvalue weighted by molar-refractivity contribution is 5.37. The Bertz CT molecular complexity index is 543. The Morgan fingerprint density at radius 2 is 1.81 bits per heavy atom. The number of hydrogen-bond donors (Lipinski definition) is 1. The van der Waals surface area contributed by atoms with Gasteiger partial charge in [-0.3, -0.25) is 0 Å². The van der Waals surface area contributed by atoms with Crippen LogP contribution in [0.15, 0.2) is 48.5 Å². The Morgan fingerprint density at radius 1 is 1.00 bits per heavy atom. The number of nitrogens with two attached hydrogens (primary N) is 1. The van der Waals surface area contributed by atoms with Crippen LogP contribution < -0.4 is 15.2 Å². The molecule has 0 amide bonds. The molecule has 0 saturated heterocycles. The van der Waals surface area contributed by atoms with Crippen molar-refractivity contribution in [3.8, 4) is 11.5 Å². The lowest BCUT2D eigenvalue weighted by atomic mass is 10.1. The lowest BCUT2D eigenvalue weighted by Gasteiger charge is -2.10. The molecule has 0 aliphatic rings. The molecule has 0 aromatic heterocycles. The van der Waals surface area contributed by atoms with Crippen molar-refractivity contribution in [2.24, 2.45) is 5.73 Å². The normalized spacial score (nSPS) is 10.4. The van der Waals surface area contributed by atoms with Gasteiger partial charge in [0.15, 0.2) is 0 Å². The summed E-state index contributed by atoms with van der Waals surface area (Å²) in [7, 11) is 1.65. The Balaban J connectivity index is 1.73. The first kappa shape index (κ1) is 15.4. The van der Waals surface area contributed by atoms with Crippen molar-refractivity contribution in [2.45, 2.75) is 13.2 Å². The van der Waals surface area contributed by atoms with Crippen LogP contribution in [0.2, 0.25) is 0 Å². The lowest BCUT2D eigenvalue weighted by molar-refractivity contribution is 0.0888. The van der Waals surface area contributed by atoms with E-state index < -0.39 is 0 Å². The molecule has 0 heterocycles. The quantitative estimate of drug-likeness (QED) is 0.759. The molecule has 0 atom stereocenters. The van der Waals surface area contributed by atoms with E-state index in [1.54, 1.807) is 7.11 Å². The van der Waals surface area contributed by atoms with Crippen LogP contribution in [0.4, 0.5) is 0 Å². The van der Waals surface area contributed by atoms with Gasteiger partial charge in [0.25, 0.3) is 0 Å². The van der Waals surface area contributed by atoms with Crippen LogP contribution in [0.5, 0.6) is 11.5 Å². The molecule has 0 aliphatic carbocycles. The van der Waals surface area contributed by atoms with Crippen LogP contribution >= 0.6 is 0 Å². The Hall–Kier alpha value is -2.04. The van der Waals surface area contributed by atoms with E-state index in [0.29, 0.717) is 26.4 Å². The van der Waals surface area contributed by atoms with Gasteiger partial charge < -0.3 is 19.9 Å². The van der Waals surface area contributed by atoms with Gasteiger partial charge in [0, 0.05) is 12.1 Å². The highest BCUT2D eigenvalue weighted by atomic mass is 16.5. The second kappa shape index (κ2) is 8.29. The average Bonchev–Trinajstić information content (AvgIpc) is 2.55. The van der Waals surface area contributed by atoms with E-state index in [4.69, 9.17) is 19.9 Å². The molecule has 2 N–H and O–H groups in total. The van der Waals surface area contributed by atoms with Gasteiger partial charge in [-0.25, -0.2) is 0 Å². The van der Waals surface area contributed by atoms with E-state index >= 15 is 0 Å². The molecule has 0 aliphatic heterocycles. The third-order valence-electron chi connectivity index (χ3n) is 3.08. The molecular formula is C17H21NO3. The maximum atomic E-state index is 5.64. The highest BCUT2D eigenvalue weighted by Gasteiger charge is 2.03. The van der Waals surface area contributed by atoms with Crippen molar-refractivity contribution in [1.29, 1.82) is 0 Å². The van der Waals surface area contributed by atoms with Gasteiger partial charge in [0.1, 0.15) is 18.1 Å². The predicted octanol–water partition coefficient (Wildman–Crippen LogP) is 2.75. The monoisotopic (exact) mass is 287 g/mol. The topological polar surface area (TPSA) is 53.7 Å². The summed E-state index contributed by atoms with van der Waals surface area (Å²) in [5, 5.41) is 0. The smallest absolute Gasteiger partial charge is 0.123 e. The molecule has 2 rings (SSSR count). The van der Waals surface area contributed by atoms with Crippen molar-refractivity contribution < 1.29 is 14.2 Å². The van der Waals surface area contributed by atoms with E-state index in [9.17, 15) is 0 Å². The Morgan fingerprint density at radius 3 is 2.52 bits per heavy atom. The molecule has 4 heteroatoms. The van der Waals surface area contributed by atoms with Gasteiger partial charge in [0.05, 0.1) is 20.3 Å². The molecular weight excluding hydrogens is 266 g/mol. The van der Waals surface area contributed by atoms with Crippen molar-refractivity contribution in [3.05, 3.63) is 59.7 Å². The summed E-state index contributed by atoms with van der Waals surface area (Å²) in [6.45, 7) is 2.06. The summed E-state index contributed by atoms with van der Waals surface area (Å²) in [5.41, 5.74) is 7.70. The lowest BCUT2D eigenvalue weighted by Crippen LogP contribution is -2.07. The van der Waals surface area contributed by atoms with Crippen LogP contribution in [0, 0.1) is 0 Å². The molecule has 0 spiro atoms. The minimum atomic E-state index is 0.467. The van der Waals surface area contributed by atoms with Crippen molar-refractivity contribution in [1.82, 2.24) is 0 Å². The van der Waals surface area contributed by atoms with Gasteiger partial charge in [-0.15, -0.1) is 0 Å². The first-order valence-corrected chi connectivity index (χ1v) is 6.95. The summed E-state index contributed by atoms with van der Waals surface area (Å²) in [6.07, 6.45) is 0. The zero-order chi connectivity index (χ0) is 14.9. The number of para-hydroxylation sites is 1. The summed E-state index contributed by atoms with van der Waals surface area (Å²) in [6, 6.07) is 15.6. The van der Waals surface area contributed by atoms with E-state index in [2.05, 4.69) is 0 Å². The number of benzene rings is 2. The SMILES string of the molecule is COc1cc(COCCOc2ccccc2)ccc1CN. The van der Waals surface area contributed by atoms with E-state index in [0.717, 1.165) is 22.6 Å². The summed E-state index contributed by atoms with van der Waals surface area (Å²) in [4.78, 5) is 0. The first-order chi connectivity index (χ1) is 10.3. The largest absolute Gasteiger partial charge is 0.496 e. The number of methoxy groups -OCH3 is 1. The second-order valence-corrected chi connectivity index (χ2v) is 4.56. The molecule has 21 heavy (non-hydrogen) atoms. The van der Waals surface area contributed by atoms with Crippen molar-refractivity contribution in [3.63, 3.8) is 0 Å². The molecule has 0 fully saturated rings. The van der Waals surface area contributed by atoms with Crippen LogP contribution in [0.1, 0.15) is 11.1 Å². The third kappa shape index (κ3) is 4.77. The summed E-state index contributed by atoms with van der Waals surface area (Å²) < 4.78 is 16.5. The number of hydrogen-bond acceptors (Lipinski definition) is 4. The maximum absolute atomic E-state index is 5.64. The average molecular weight is 287 g/mol. The number of rotatable bonds is 8. The minimum Gasteiger partial charge on any atom is -0.496 e. The summed E-state index contributed by atoms with van der Waals surface area (Å²) in [5.74, 6) is 1.66. The molecule has 0 unspecified atom stereocenters. The molecule has 2 aromatic carbocycles. The molecule has 4 nitrogen and oxygen atoms in total. The van der Waals surface area contributed by atoms with Gasteiger partial charge >= 0.3 is 0 Å². The van der Waals surface area contributed by atoms with E-state index in [1.165, 1.54) is 0 Å². The van der Waals surface area contributed by atoms with Gasteiger partial charge in [-0.1, -0.05) is 30.3 Å². The first-order valence-electron chi connectivity index (χ1n) is 6.95. The van der Waals surface area contributed by atoms with Crippen LogP contribution in [0.25, 0.3) is 0 Å². The fraction of sp³-hybridized carbons (Fsp3) is 0.294. The standard InChI is InChI=1S/C17H21NO3/c1-19-17-11-14(7-8-15(17)12-18)13-20-9-10-21-16-5-3-2-4-6-16/h2-8,11H,9-10,12-13,18H2,1H3. The van der Waals surface area contributed by atoms with Crippen LogP contribution in [-0.4, -0.2) is 20.3 Å². The summed E-state index contributed by atoms with van der Waals surface area (Å²) >= 11 is 0. The minimum absolute atomic E-state index is 0.467. The van der Waals surface area contributed by atoms with Gasteiger partial charge in [0.2, 0.25) is 0 Å². The van der Waals surface area contributed by atoms with Crippen LogP contribution in [0.3, 0.4) is 0 Å². The molecule has 0 bridgehead atoms.